The van der Waals surface area contributed by atoms with Crippen LogP contribution in [0.15, 0.2) is 0 Å². The van der Waals surface area contributed by atoms with Crippen LogP contribution in [-0.4, -0.2) is 48.4 Å². The molecular formula is C11H24N2O. The summed E-state index contributed by atoms with van der Waals surface area (Å²) in [6, 6.07) is 0. The molecule has 0 atom stereocenters. The van der Waals surface area contributed by atoms with Crippen LogP contribution in [0.4, 0.5) is 0 Å². The maximum Gasteiger partial charge on any atom is 0.219 e. The maximum absolute atomic E-state index is 10.9. The van der Waals surface area contributed by atoms with Gasteiger partial charge in [0.25, 0.3) is 0 Å². The van der Waals surface area contributed by atoms with Crippen molar-refractivity contribution in [2.45, 2.75) is 34.1 Å². The lowest BCUT2D eigenvalue weighted by Gasteiger charge is -2.33. The summed E-state index contributed by atoms with van der Waals surface area (Å²) in [6.07, 6.45) is 1.25. The molecule has 1 rings (SSSR count). The zero-order chi connectivity index (χ0) is 11.0. The molecule has 0 radical (unpaired) electrons. The van der Waals surface area contributed by atoms with Crippen molar-refractivity contribution in [2.24, 2.45) is 0 Å². The van der Waals surface area contributed by atoms with Gasteiger partial charge in [0.2, 0.25) is 5.91 Å². The van der Waals surface area contributed by atoms with E-state index < -0.39 is 0 Å². The first-order chi connectivity index (χ1) is 6.65. The molecule has 1 aliphatic rings. The third kappa shape index (κ3) is 5.22. The first-order valence-electron chi connectivity index (χ1n) is 5.63. The molecule has 3 nitrogen and oxygen atoms in total. The van der Waals surface area contributed by atoms with E-state index in [2.05, 4.69) is 25.7 Å². The Balaban J connectivity index is 0.000000500. The molecule has 0 bridgehead atoms. The zero-order valence-corrected chi connectivity index (χ0v) is 10.0. The second-order valence-corrected chi connectivity index (χ2v) is 3.65. The van der Waals surface area contributed by atoms with Crippen LogP contribution in [0.2, 0.25) is 0 Å². The van der Waals surface area contributed by atoms with Gasteiger partial charge in [-0.05, 0) is 6.54 Å². The molecule has 3 heteroatoms. The quantitative estimate of drug-likeness (QED) is 0.641. The summed E-state index contributed by atoms with van der Waals surface area (Å²) in [7, 11) is 0. The van der Waals surface area contributed by atoms with Crippen molar-refractivity contribution in [3.63, 3.8) is 0 Å². The lowest BCUT2D eigenvalue weighted by atomic mass is 10.3. The zero-order valence-electron chi connectivity index (χ0n) is 10.0. The second-order valence-electron chi connectivity index (χ2n) is 3.65. The molecule has 84 valence electrons. The largest absolute Gasteiger partial charge is 0.340 e. The maximum atomic E-state index is 10.9. The molecule has 1 fully saturated rings. The fraction of sp³-hybridized carbons (Fsp3) is 0.909. The highest BCUT2D eigenvalue weighted by Gasteiger charge is 2.16. The van der Waals surface area contributed by atoms with Gasteiger partial charge in [-0.2, -0.15) is 0 Å². The molecule has 0 aliphatic carbocycles. The van der Waals surface area contributed by atoms with Gasteiger partial charge in [0.1, 0.15) is 0 Å². The highest BCUT2D eigenvalue weighted by Crippen LogP contribution is 2.00. The van der Waals surface area contributed by atoms with Crippen LogP contribution in [0.25, 0.3) is 0 Å². The summed E-state index contributed by atoms with van der Waals surface area (Å²) in [4.78, 5) is 15.2. The van der Waals surface area contributed by atoms with Crippen LogP contribution in [0.3, 0.4) is 0 Å². The number of piperazine rings is 1. The third-order valence-corrected chi connectivity index (χ3v) is 2.26. The molecule has 0 unspecified atom stereocenters. The van der Waals surface area contributed by atoms with Gasteiger partial charge in [0.15, 0.2) is 0 Å². The van der Waals surface area contributed by atoms with Crippen molar-refractivity contribution < 1.29 is 4.79 Å². The summed E-state index contributed by atoms with van der Waals surface area (Å²) in [5.74, 6) is 0.209. The number of likely N-dealkylation sites (N-methyl/N-ethyl adjacent to an activating group) is 1. The Morgan fingerprint density at radius 1 is 1.07 bits per heavy atom. The smallest absolute Gasteiger partial charge is 0.219 e. The van der Waals surface area contributed by atoms with E-state index in [0.717, 1.165) is 32.7 Å². The molecule has 0 aromatic heterocycles. The summed E-state index contributed by atoms with van der Waals surface area (Å²) in [6.45, 7) is 13.0. The van der Waals surface area contributed by atoms with Crippen molar-refractivity contribution in [2.75, 3.05) is 32.7 Å². The van der Waals surface area contributed by atoms with Gasteiger partial charge in [-0.1, -0.05) is 27.2 Å². The first kappa shape index (κ1) is 13.4. The van der Waals surface area contributed by atoms with E-state index in [4.69, 9.17) is 0 Å². The monoisotopic (exact) mass is 200 g/mol. The predicted octanol–water partition coefficient (Wildman–Crippen LogP) is 1.59. The van der Waals surface area contributed by atoms with Gasteiger partial charge in [0, 0.05) is 33.1 Å². The van der Waals surface area contributed by atoms with E-state index in [1.54, 1.807) is 6.92 Å². The van der Waals surface area contributed by atoms with Gasteiger partial charge >= 0.3 is 0 Å². The number of carbonyl (C=O) groups is 1. The van der Waals surface area contributed by atoms with E-state index >= 15 is 0 Å². The topological polar surface area (TPSA) is 23.6 Å². The molecule has 0 N–H and O–H groups in total. The van der Waals surface area contributed by atoms with Crippen molar-refractivity contribution >= 4 is 5.91 Å². The molecule has 1 heterocycles. The van der Waals surface area contributed by atoms with E-state index in [1.807, 2.05) is 4.90 Å². The van der Waals surface area contributed by atoms with E-state index in [9.17, 15) is 4.79 Å². The van der Waals surface area contributed by atoms with Crippen LogP contribution in [0, 0.1) is 0 Å². The van der Waals surface area contributed by atoms with Gasteiger partial charge in [-0.15, -0.1) is 0 Å². The molecule has 1 amide bonds. The van der Waals surface area contributed by atoms with Crippen molar-refractivity contribution in [3.05, 3.63) is 0 Å². The lowest BCUT2D eigenvalue weighted by molar-refractivity contribution is -0.130. The molecule has 0 aromatic carbocycles. The molecule has 1 aliphatic heterocycles. The van der Waals surface area contributed by atoms with Gasteiger partial charge in [0.05, 0.1) is 0 Å². The second kappa shape index (κ2) is 7.80. The van der Waals surface area contributed by atoms with E-state index in [-0.39, 0.29) is 5.91 Å². The minimum atomic E-state index is 0.209. The molecule has 1 saturated heterocycles. The van der Waals surface area contributed by atoms with E-state index in [1.165, 1.54) is 6.42 Å². The Labute approximate surface area is 88.1 Å². The summed E-state index contributed by atoms with van der Waals surface area (Å²) >= 11 is 0. The number of nitrogens with zero attached hydrogens (tertiary/aromatic N) is 2. The Morgan fingerprint density at radius 2 is 1.50 bits per heavy atom. The molecular weight excluding hydrogens is 176 g/mol. The molecule has 0 spiro atoms. The van der Waals surface area contributed by atoms with Gasteiger partial charge in [-0.25, -0.2) is 0 Å². The third-order valence-electron chi connectivity index (χ3n) is 2.26. The molecule has 14 heavy (non-hydrogen) atoms. The van der Waals surface area contributed by atoms with Crippen LogP contribution >= 0.6 is 0 Å². The number of carbonyl (C=O) groups excluding carboxylic acids is 1. The number of hydrogen-bond acceptors (Lipinski definition) is 2. The lowest BCUT2D eigenvalue weighted by Crippen LogP contribution is -2.47. The first-order valence-corrected chi connectivity index (χ1v) is 5.63. The predicted molar refractivity (Wildman–Crippen MR) is 60.3 cm³/mol. The van der Waals surface area contributed by atoms with E-state index in [0.29, 0.717) is 0 Å². The number of hydrogen-bond donors (Lipinski definition) is 0. The van der Waals surface area contributed by atoms with Gasteiger partial charge in [-0.3, -0.25) is 4.79 Å². The number of rotatable bonds is 1. The Morgan fingerprint density at radius 3 is 1.79 bits per heavy atom. The van der Waals surface area contributed by atoms with Crippen LogP contribution in [0.1, 0.15) is 34.1 Å². The summed E-state index contributed by atoms with van der Waals surface area (Å²) in [5.41, 5.74) is 0. The fourth-order valence-electron chi connectivity index (χ4n) is 1.38. The normalized spacial score (nSPS) is 17.3. The summed E-state index contributed by atoms with van der Waals surface area (Å²) in [5, 5.41) is 0. The Bertz CT molecular complexity index is 151. The minimum absolute atomic E-state index is 0.209. The van der Waals surface area contributed by atoms with Crippen molar-refractivity contribution in [1.82, 2.24) is 9.80 Å². The van der Waals surface area contributed by atoms with Crippen LogP contribution < -0.4 is 0 Å². The molecule has 0 aromatic rings. The van der Waals surface area contributed by atoms with Crippen molar-refractivity contribution in [1.29, 1.82) is 0 Å². The minimum Gasteiger partial charge on any atom is -0.340 e. The molecule has 0 saturated carbocycles. The highest BCUT2D eigenvalue weighted by molar-refractivity contribution is 5.73. The van der Waals surface area contributed by atoms with Crippen molar-refractivity contribution in [3.8, 4) is 0 Å². The van der Waals surface area contributed by atoms with Crippen LogP contribution in [-0.2, 0) is 4.79 Å². The average molecular weight is 200 g/mol. The average Bonchev–Trinajstić information content (AvgIpc) is 2.19. The Kier molecular flexibility index (Phi) is 7.48. The summed E-state index contributed by atoms with van der Waals surface area (Å²) < 4.78 is 0. The highest BCUT2D eigenvalue weighted by atomic mass is 16.2. The SMILES string of the molecule is CCC.CCN1CCN(C(C)=O)CC1. The van der Waals surface area contributed by atoms with Gasteiger partial charge < -0.3 is 9.80 Å². The standard InChI is InChI=1S/C8H16N2O.C3H8/c1-3-9-4-6-10(7-5-9)8(2)11;1-3-2/h3-7H2,1-2H3;3H2,1-2H3. The fourth-order valence-corrected chi connectivity index (χ4v) is 1.38. The number of amides is 1. The van der Waals surface area contributed by atoms with Crippen LogP contribution in [0.5, 0.6) is 0 Å². The Hall–Kier alpha value is -0.570.